The summed E-state index contributed by atoms with van der Waals surface area (Å²) in [6, 6.07) is 0. The molecule has 1 rings (SSSR count). The fourth-order valence-electron chi connectivity index (χ4n) is 1.82. The van der Waals surface area contributed by atoms with Crippen molar-refractivity contribution in [1.29, 1.82) is 0 Å². The molecule has 0 radical (unpaired) electrons. The lowest BCUT2D eigenvalue weighted by molar-refractivity contribution is 0.523. The Morgan fingerprint density at radius 3 is 2.41 bits per heavy atom. The Morgan fingerprint density at radius 1 is 1.18 bits per heavy atom. The molecule has 0 aliphatic heterocycles. The van der Waals surface area contributed by atoms with Crippen molar-refractivity contribution in [2.45, 2.75) is 13.8 Å². The first-order valence-electron chi connectivity index (χ1n) is 5.50. The molecule has 0 saturated heterocycles. The molecule has 0 atom stereocenters. The van der Waals surface area contributed by atoms with E-state index >= 15 is 0 Å². The molecular formula is C16H18O. The van der Waals surface area contributed by atoms with Gasteiger partial charge in [0.05, 0.1) is 0 Å². The van der Waals surface area contributed by atoms with Crippen LogP contribution in [0.15, 0.2) is 48.5 Å². The highest BCUT2D eigenvalue weighted by Crippen LogP contribution is 2.30. The van der Waals surface area contributed by atoms with Crippen molar-refractivity contribution in [3.05, 3.63) is 66.7 Å². The van der Waals surface area contributed by atoms with Crippen molar-refractivity contribution in [2.24, 2.45) is 0 Å². The maximum atomic E-state index is 5.73. The molecule has 0 amide bonds. The van der Waals surface area contributed by atoms with E-state index in [1.807, 2.05) is 38.2 Å². The van der Waals surface area contributed by atoms with E-state index in [1.54, 1.807) is 12.2 Å². The molecule has 0 aliphatic carbocycles. The number of rotatable bonds is 5. The van der Waals surface area contributed by atoms with E-state index in [0.717, 1.165) is 28.2 Å². The van der Waals surface area contributed by atoms with Crippen molar-refractivity contribution in [2.75, 3.05) is 0 Å². The van der Waals surface area contributed by atoms with Gasteiger partial charge in [-0.1, -0.05) is 50.1 Å². The average molecular weight is 226 g/mol. The first-order valence-corrected chi connectivity index (χ1v) is 5.50. The SMILES string of the molecule is C=C/C=C\c1oc(C)c(/C(C)=C\C=C)c1C=C. The Balaban J connectivity index is 3.40. The van der Waals surface area contributed by atoms with Crippen LogP contribution in [0.4, 0.5) is 0 Å². The summed E-state index contributed by atoms with van der Waals surface area (Å²) >= 11 is 0. The predicted octanol–water partition coefficient (Wildman–Crippen LogP) is 5.02. The van der Waals surface area contributed by atoms with Gasteiger partial charge in [-0.3, -0.25) is 0 Å². The first kappa shape index (κ1) is 13.0. The minimum Gasteiger partial charge on any atom is -0.461 e. The lowest BCUT2D eigenvalue weighted by Crippen LogP contribution is -1.83. The summed E-state index contributed by atoms with van der Waals surface area (Å²) in [6.45, 7) is 15.2. The molecule has 88 valence electrons. The largest absolute Gasteiger partial charge is 0.461 e. The van der Waals surface area contributed by atoms with E-state index in [9.17, 15) is 0 Å². The van der Waals surface area contributed by atoms with Crippen LogP contribution in [0, 0.1) is 6.92 Å². The van der Waals surface area contributed by atoms with E-state index in [4.69, 9.17) is 4.42 Å². The van der Waals surface area contributed by atoms with E-state index in [0.29, 0.717) is 0 Å². The highest BCUT2D eigenvalue weighted by molar-refractivity contribution is 5.79. The Hall–Kier alpha value is -2.02. The molecule has 1 aromatic heterocycles. The molecule has 1 nitrogen and oxygen atoms in total. The number of hydrogen-bond acceptors (Lipinski definition) is 1. The Morgan fingerprint density at radius 2 is 1.88 bits per heavy atom. The average Bonchev–Trinajstić information content (AvgIpc) is 2.62. The van der Waals surface area contributed by atoms with E-state index in [2.05, 4.69) is 19.7 Å². The molecule has 0 N–H and O–H groups in total. The summed E-state index contributed by atoms with van der Waals surface area (Å²) in [4.78, 5) is 0. The van der Waals surface area contributed by atoms with Gasteiger partial charge in [0.25, 0.3) is 0 Å². The third-order valence-electron chi connectivity index (χ3n) is 2.50. The van der Waals surface area contributed by atoms with Gasteiger partial charge < -0.3 is 4.42 Å². The Labute approximate surface area is 103 Å². The highest BCUT2D eigenvalue weighted by Gasteiger charge is 2.14. The van der Waals surface area contributed by atoms with Gasteiger partial charge in [-0.15, -0.1) is 0 Å². The molecule has 0 spiro atoms. The van der Waals surface area contributed by atoms with Crippen LogP contribution in [0.25, 0.3) is 17.7 Å². The van der Waals surface area contributed by atoms with Crippen LogP contribution in [-0.4, -0.2) is 0 Å². The number of aryl methyl sites for hydroxylation is 1. The lowest BCUT2D eigenvalue weighted by Gasteiger charge is -2.00. The quantitative estimate of drug-likeness (QED) is 0.642. The van der Waals surface area contributed by atoms with Gasteiger partial charge in [0.1, 0.15) is 11.5 Å². The molecule has 0 aromatic carbocycles. The summed E-state index contributed by atoms with van der Waals surface area (Å²) in [6.07, 6.45) is 11.0. The fourth-order valence-corrected chi connectivity index (χ4v) is 1.82. The third-order valence-corrected chi connectivity index (χ3v) is 2.50. The van der Waals surface area contributed by atoms with Crippen molar-refractivity contribution in [3.63, 3.8) is 0 Å². The van der Waals surface area contributed by atoms with Crippen LogP contribution in [0.3, 0.4) is 0 Å². The second-order valence-electron chi connectivity index (χ2n) is 3.70. The van der Waals surface area contributed by atoms with Crippen LogP contribution in [0.1, 0.15) is 29.6 Å². The molecule has 1 heteroatoms. The van der Waals surface area contributed by atoms with Gasteiger partial charge in [-0.2, -0.15) is 0 Å². The van der Waals surface area contributed by atoms with Crippen molar-refractivity contribution >= 4 is 17.7 Å². The minimum absolute atomic E-state index is 0.809. The summed E-state index contributed by atoms with van der Waals surface area (Å²) < 4.78 is 5.73. The van der Waals surface area contributed by atoms with Crippen molar-refractivity contribution in [1.82, 2.24) is 0 Å². The standard InChI is InChI=1S/C16H18O/c1-6-9-11-15-14(8-3)16(13(5)17-15)12(4)10-7-2/h6-11H,1-3H2,4-5H3/b11-9-,12-10-. The van der Waals surface area contributed by atoms with Crippen LogP contribution >= 0.6 is 0 Å². The van der Waals surface area contributed by atoms with Gasteiger partial charge >= 0.3 is 0 Å². The molecule has 1 heterocycles. The topological polar surface area (TPSA) is 13.1 Å². The Kier molecular flexibility index (Phi) is 4.53. The second kappa shape index (κ2) is 5.90. The molecule has 0 unspecified atom stereocenters. The van der Waals surface area contributed by atoms with Gasteiger partial charge in [-0.25, -0.2) is 0 Å². The van der Waals surface area contributed by atoms with Crippen molar-refractivity contribution < 1.29 is 4.42 Å². The zero-order chi connectivity index (χ0) is 12.8. The lowest BCUT2D eigenvalue weighted by atomic mass is 10.0. The summed E-state index contributed by atoms with van der Waals surface area (Å²) in [5.74, 6) is 1.70. The second-order valence-corrected chi connectivity index (χ2v) is 3.70. The fraction of sp³-hybridized carbons (Fsp3) is 0.125. The molecule has 0 aliphatic rings. The summed E-state index contributed by atoms with van der Waals surface area (Å²) in [5, 5.41) is 0. The predicted molar refractivity (Wildman–Crippen MR) is 76.6 cm³/mol. The van der Waals surface area contributed by atoms with Crippen LogP contribution < -0.4 is 0 Å². The van der Waals surface area contributed by atoms with Gasteiger partial charge in [0.15, 0.2) is 0 Å². The smallest absolute Gasteiger partial charge is 0.134 e. The number of furan rings is 1. The van der Waals surface area contributed by atoms with E-state index in [-0.39, 0.29) is 0 Å². The van der Waals surface area contributed by atoms with Gasteiger partial charge in [0, 0.05) is 11.1 Å². The maximum Gasteiger partial charge on any atom is 0.134 e. The molecule has 0 bridgehead atoms. The van der Waals surface area contributed by atoms with Gasteiger partial charge in [0.2, 0.25) is 0 Å². The van der Waals surface area contributed by atoms with E-state index < -0.39 is 0 Å². The maximum absolute atomic E-state index is 5.73. The van der Waals surface area contributed by atoms with Crippen LogP contribution in [0.5, 0.6) is 0 Å². The monoisotopic (exact) mass is 226 g/mol. The van der Waals surface area contributed by atoms with Crippen LogP contribution in [0.2, 0.25) is 0 Å². The highest BCUT2D eigenvalue weighted by atomic mass is 16.3. The van der Waals surface area contributed by atoms with Gasteiger partial charge in [-0.05, 0) is 25.5 Å². The summed E-state index contributed by atoms with van der Waals surface area (Å²) in [5.41, 5.74) is 3.22. The number of allylic oxidation sites excluding steroid dienone is 5. The minimum atomic E-state index is 0.809. The third kappa shape index (κ3) is 2.76. The number of hydrogen-bond donors (Lipinski definition) is 0. The molecule has 17 heavy (non-hydrogen) atoms. The van der Waals surface area contributed by atoms with E-state index in [1.165, 1.54) is 0 Å². The molecule has 1 aromatic rings. The Bertz CT molecular complexity index is 496. The first-order chi connectivity index (χ1) is 8.15. The van der Waals surface area contributed by atoms with Crippen molar-refractivity contribution in [3.8, 4) is 0 Å². The zero-order valence-electron chi connectivity index (χ0n) is 10.5. The normalized spacial score (nSPS) is 11.8. The molecule has 0 saturated carbocycles. The zero-order valence-corrected chi connectivity index (χ0v) is 10.5. The van der Waals surface area contributed by atoms with Crippen LogP contribution in [-0.2, 0) is 0 Å². The molecular weight excluding hydrogens is 208 g/mol. The molecule has 0 fully saturated rings. The summed E-state index contributed by atoms with van der Waals surface area (Å²) in [7, 11) is 0.